The molecule has 156 valence electrons. The summed E-state index contributed by atoms with van der Waals surface area (Å²) in [5, 5.41) is 2.94. The first-order valence-corrected chi connectivity index (χ1v) is 11.7. The van der Waals surface area contributed by atoms with Crippen molar-refractivity contribution in [3.63, 3.8) is 0 Å². The Bertz CT molecular complexity index is 947. The van der Waals surface area contributed by atoms with Crippen LogP contribution in [0.2, 0.25) is 0 Å². The van der Waals surface area contributed by atoms with Gasteiger partial charge >= 0.3 is 0 Å². The molecule has 0 spiro atoms. The third-order valence-electron chi connectivity index (χ3n) is 6.12. The van der Waals surface area contributed by atoms with Gasteiger partial charge in [-0.25, -0.2) is 17.2 Å². The molecule has 2 fully saturated rings. The third kappa shape index (κ3) is 4.31. The van der Waals surface area contributed by atoms with Gasteiger partial charge in [0.2, 0.25) is 10.0 Å². The minimum Gasteiger partial charge on any atom is -0.380 e. The number of anilines is 1. The Balaban J connectivity index is 1.60. The summed E-state index contributed by atoms with van der Waals surface area (Å²) in [4.78, 5) is 0. The van der Waals surface area contributed by atoms with Crippen LogP contribution in [0.1, 0.15) is 43.6 Å². The van der Waals surface area contributed by atoms with Gasteiger partial charge in [0.15, 0.2) is 11.6 Å². The fourth-order valence-corrected chi connectivity index (χ4v) is 6.62. The Labute approximate surface area is 171 Å². The summed E-state index contributed by atoms with van der Waals surface area (Å²) in [6, 6.07) is 13.2. The molecule has 2 atom stereocenters. The Hall–Kier alpha value is -1.99. The number of halogens is 2. The van der Waals surface area contributed by atoms with Crippen molar-refractivity contribution in [2.45, 2.75) is 49.3 Å². The van der Waals surface area contributed by atoms with E-state index in [-0.39, 0.29) is 17.2 Å². The first-order valence-electron chi connectivity index (χ1n) is 10.2. The Morgan fingerprint density at radius 3 is 2.31 bits per heavy atom. The van der Waals surface area contributed by atoms with Crippen molar-refractivity contribution in [2.24, 2.45) is 0 Å². The van der Waals surface area contributed by atoms with Crippen LogP contribution in [0.25, 0.3) is 0 Å². The van der Waals surface area contributed by atoms with E-state index in [0.717, 1.165) is 49.8 Å². The number of nitrogens with zero attached hydrogens (tertiary/aromatic N) is 1. The minimum atomic E-state index is -3.38. The topological polar surface area (TPSA) is 49.4 Å². The first-order chi connectivity index (χ1) is 13.9. The van der Waals surface area contributed by atoms with E-state index in [1.54, 1.807) is 4.31 Å². The van der Waals surface area contributed by atoms with Gasteiger partial charge in [0, 0.05) is 36.8 Å². The summed E-state index contributed by atoms with van der Waals surface area (Å²) in [5.41, 5.74) is 1.49. The molecule has 7 heteroatoms. The second-order valence-corrected chi connectivity index (χ2v) is 10.2. The summed E-state index contributed by atoms with van der Waals surface area (Å²) in [6.07, 6.45) is 4.44. The molecule has 2 aromatic rings. The average Bonchev–Trinajstić information content (AvgIpc) is 3.17. The predicted octanol–water partition coefficient (Wildman–Crippen LogP) is 4.51. The third-order valence-corrected chi connectivity index (χ3v) is 8.45. The zero-order valence-corrected chi connectivity index (χ0v) is 17.0. The van der Waals surface area contributed by atoms with Gasteiger partial charge in [-0.1, -0.05) is 49.6 Å². The molecule has 0 aromatic heterocycles. The molecular formula is C22H26F2N2O2S. The maximum Gasteiger partial charge on any atom is 0.217 e. The molecule has 1 aliphatic carbocycles. The fraction of sp³-hybridized carbons (Fsp3) is 0.455. The van der Waals surface area contributed by atoms with Crippen molar-refractivity contribution in [1.82, 2.24) is 4.31 Å². The van der Waals surface area contributed by atoms with Gasteiger partial charge in [-0.3, -0.25) is 0 Å². The maximum absolute atomic E-state index is 13.7. The maximum atomic E-state index is 13.7. The van der Waals surface area contributed by atoms with E-state index in [2.05, 4.69) is 5.32 Å². The molecular weight excluding hydrogens is 394 g/mol. The lowest BCUT2D eigenvalue weighted by Gasteiger charge is -2.27. The summed E-state index contributed by atoms with van der Waals surface area (Å²) in [7, 11) is -3.38. The molecule has 0 amide bonds. The molecule has 0 unspecified atom stereocenters. The lowest BCUT2D eigenvalue weighted by Crippen LogP contribution is -2.39. The van der Waals surface area contributed by atoms with Crippen LogP contribution in [0.5, 0.6) is 0 Å². The lowest BCUT2D eigenvalue weighted by molar-refractivity contribution is 0.425. The molecule has 1 saturated carbocycles. The molecule has 2 aromatic carbocycles. The van der Waals surface area contributed by atoms with Gasteiger partial charge < -0.3 is 5.32 Å². The fourth-order valence-electron chi connectivity index (χ4n) is 4.53. The van der Waals surface area contributed by atoms with Crippen LogP contribution in [-0.4, -0.2) is 37.1 Å². The quantitative estimate of drug-likeness (QED) is 0.774. The summed E-state index contributed by atoms with van der Waals surface area (Å²) in [5.74, 6) is -1.89. The SMILES string of the molecule is O=S(=O)(C1CCCCC1)N1C[C@H](Nc2ccc(F)c(F)c2)[C@H](c2ccccc2)C1. The van der Waals surface area contributed by atoms with Crippen LogP contribution in [0.15, 0.2) is 48.5 Å². The molecule has 1 heterocycles. The number of rotatable bonds is 5. The largest absolute Gasteiger partial charge is 0.380 e. The van der Waals surface area contributed by atoms with Crippen LogP contribution in [-0.2, 0) is 10.0 Å². The van der Waals surface area contributed by atoms with E-state index >= 15 is 0 Å². The highest BCUT2D eigenvalue weighted by Gasteiger charge is 2.42. The van der Waals surface area contributed by atoms with Crippen molar-refractivity contribution < 1.29 is 17.2 Å². The van der Waals surface area contributed by atoms with Crippen LogP contribution in [0.4, 0.5) is 14.5 Å². The number of hydrogen-bond acceptors (Lipinski definition) is 3. The predicted molar refractivity (Wildman–Crippen MR) is 110 cm³/mol. The van der Waals surface area contributed by atoms with Gasteiger partial charge in [-0.15, -0.1) is 0 Å². The highest BCUT2D eigenvalue weighted by Crippen LogP contribution is 2.35. The van der Waals surface area contributed by atoms with E-state index in [0.29, 0.717) is 18.8 Å². The van der Waals surface area contributed by atoms with E-state index in [1.165, 1.54) is 6.07 Å². The molecule has 4 nitrogen and oxygen atoms in total. The average molecular weight is 421 g/mol. The Kier molecular flexibility index (Phi) is 5.88. The molecule has 29 heavy (non-hydrogen) atoms. The van der Waals surface area contributed by atoms with Crippen molar-refractivity contribution in [3.8, 4) is 0 Å². The molecule has 1 aliphatic heterocycles. The minimum absolute atomic E-state index is 0.0670. The van der Waals surface area contributed by atoms with Crippen molar-refractivity contribution in [3.05, 3.63) is 65.7 Å². The van der Waals surface area contributed by atoms with E-state index in [1.807, 2.05) is 30.3 Å². The molecule has 2 aliphatic rings. The second kappa shape index (κ2) is 8.40. The van der Waals surface area contributed by atoms with E-state index in [9.17, 15) is 17.2 Å². The zero-order valence-electron chi connectivity index (χ0n) is 16.2. The molecule has 0 radical (unpaired) electrons. The molecule has 0 bridgehead atoms. The Morgan fingerprint density at radius 1 is 0.897 bits per heavy atom. The smallest absolute Gasteiger partial charge is 0.217 e. The monoisotopic (exact) mass is 420 g/mol. The van der Waals surface area contributed by atoms with Crippen LogP contribution >= 0.6 is 0 Å². The molecule has 1 saturated heterocycles. The number of sulfonamides is 1. The second-order valence-electron chi connectivity index (χ2n) is 8.02. The van der Waals surface area contributed by atoms with Crippen LogP contribution in [0.3, 0.4) is 0 Å². The lowest BCUT2D eigenvalue weighted by atomic mass is 9.94. The normalized spacial score (nSPS) is 23.9. The van der Waals surface area contributed by atoms with Crippen LogP contribution < -0.4 is 5.32 Å². The van der Waals surface area contributed by atoms with Gasteiger partial charge in [0.25, 0.3) is 0 Å². The summed E-state index contributed by atoms with van der Waals surface area (Å²) >= 11 is 0. The standard InChI is InChI=1S/C22H26F2N2O2S/c23-20-12-11-17(13-21(20)24)25-22-15-26(14-19(22)16-7-3-1-4-8-16)29(27,28)18-9-5-2-6-10-18/h1,3-4,7-8,11-13,18-19,22,25H,2,5-6,9-10,14-15H2/t19-,22-/m0/s1. The van der Waals surface area contributed by atoms with E-state index < -0.39 is 21.7 Å². The van der Waals surface area contributed by atoms with Crippen molar-refractivity contribution >= 4 is 15.7 Å². The van der Waals surface area contributed by atoms with Gasteiger partial charge in [-0.2, -0.15) is 4.31 Å². The highest BCUT2D eigenvalue weighted by molar-refractivity contribution is 7.89. The van der Waals surface area contributed by atoms with Crippen molar-refractivity contribution in [2.75, 3.05) is 18.4 Å². The van der Waals surface area contributed by atoms with Crippen molar-refractivity contribution in [1.29, 1.82) is 0 Å². The number of hydrogen-bond donors (Lipinski definition) is 1. The summed E-state index contributed by atoms with van der Waals surface area (Å²) in [6.45, 7) is 0.710. The highest BCUT2D eigenvalue weighted by atomic mass is 32.2. The van der Waals surface area contributed by atoms with E-state index in [4.69, 9.17) is 0 Å². The Morgan fingerprint density at radius 2 is 1.62 bits per heavy atom. The van der Waals surface area contributed by atoms with Gasteiger partial charge in [0.05, 0.1) is 5.25 Å². The summed E-state index contributed by atoms with van der Waals surface area (Å²) < 4.78 is 55.0. The van der Waals surface area contributed by atoms with Crippen LogP contribution in [0, 0.1) is 11.6 Å². The van der Waals surface area contributed by atoms with Gasteiger partial charge in [-0.05, 0) is 30.5 Å². The molecule has 4 rings (SSSR count). The zero-order chi connectivity index (χ0) is 20.4. The number of nitrogens with one attached hydrogen (secondary N) is 1. The molecule has 1 N–H and O–H groups in total. The van der Waals surface area contributed by atoms with Gasteiger partial charge in [0.1, 0.15) is 0 Å². The first kappa shape index (κ1) is 20.3. The number of benzene rings is 2.